The first-order chi connectivity index (χ1) is 30.6. The van der Waals surface area contributed by atoms with E-state index in [4.69, 9.17) is 0 Å². The normalized spacial score (nSPS) is 12.9. The van der Waals surface area contributed by atoms with E-state index in [0.29, 0.717) is 0 Å². The summed E-state index contributed by atoms with van der Waals surface area (Å²) < 4.78 is 0. The summed E-state index contributed by atoms with van der Waals surface area (Å²) in [7, 11) is -3.03. The zero-order chi connectivity index (χ0) is 41.4. The highest BCUT2D eigenvalue weighted by atomic mass is 28.3. The fraction of sp³-hybridized carbons (Fsp3) is 0.0345. The van der Waals surface area contributed by atoms with Crippen LogP contribution in [-0.2, 0) is 0 Å². The second kappa shape index (κ2) is 14.4. The number of fused-ring (bicyclic) bond motifs is 8. The van der Waals surface area contributed by atoms with Crippen LogP contribution in [0.15, 0.2) is 224 Å². The monoisotopic (exact) mass is 806 g/mol. The molecular formula is C58H43BN2Si. The van der Waals surface area contributed by atoms with Crippen molar-refractivity contribution in [2.75, 3.05) is 9.80 Å². The third kappa shape index (κ3) is 5.43. The van der Waals surface area contributed by atoms with Gasteiger partial charge in [0.05, 0.1) is 0 Å². The SMILES string of the molecule is Cc1cccc(N2c3cc([Si](c4ccccc4)(c4ccccc4)c4ccccc4)cc4c3B(c3ccc5ccccc5c32)c2ccc3ccccc3c2N4c2cccc(C)c2)c1. The Bertz CT molecular complexity index is 3090. The van der Waals surface area contributed by atoms with E-state index in [-0.39, 0.29) is 6.71 Å². The number of hydrogen-bond acceptors (Lipinski definition) is 2. The van der Waals surface area contributed by atoms with E-state index < -0.39 is 8.07 Å². The van der Waals surface area contributed by atoms with Crippen LogP contribution in [0.2, 0.25) is 0 Å². The lowest BCUT2D eigenvalue weighted by molar-refractivity contribution is 1.26. The standard InChI is InChI=1S/C58H43BN2Si/c1-40-18-16-22-44(36-40)60-54-38-49(62(46-24-6-3-7-25-46,47-26-8-4-9-27-47)48-28-10-5-11-29-48)39-55-56(54)59(52-34-32-42-20-12-14-30-50(42)57(52)60)53-35-33-43-21-13-15-31-51(43)58(53)61(55)45-23-17-19-41(2)37-45/h3-39H,1-2H3. The number of aryl methyl sites for hydroxylation is 2. The highest BCUT2D eigenvalue weighted by Gasteiger charge is 2.48. The predicted octanol–water partition coefficient (Wildman–Crippen LogP) is 10.1. The van der Waals surface area contributed by atoms with Crippen molar-refractivity contribution in [3.8, 4) is 0 Å². The van der Waals surface area contributed by atoms with E-state index in [1.807, 2.05) is 0 Å². The number of hydrogen-bond donors (Lipinski definition) is 0. The zero-order valence-electron chi connectivity index (χ0n) is 34.8. The van der Waals surface area contributed by atoms with Gasteiger partial charge in [0.2, 0.25) is 0 Å². The third-order valence-corrected chi connectivity index (χ3v) is 18.2. The van der Waals surface area contributed by atoms with E-state index >= 15 is 0 Å². The Morgan fingerprint density at radius 3 is 1.18 bits per heavy atom. The van der Waals surface area contributed by atoms with Gasteiger partial charge in [0.15, 0.2) is 8.07 Å². The highest BCUT2D eigenvalue weighted by molar-refractivity contribution is 7.20. The molecule has 0 saturated heterocycles. The van der Waals surface area contributed by atoms with Gasteiger partial charge in [-0.15, -0.1) is 0 Å². The number of anilines is 6. The van der Waals surface area contributed by atoms with E-state index in [0.717, 1.165) is 0 Å². The molecule has 0 N–H and O–H groups in total. The molecule has 10 aromatic carbocycles. The molecule has 0 radical (unpaired) electrons. The fourth-order valence-corrected chi connectivity index (χ4v) is 15.7. The maximum absolute atomic E-state index is 3.03. The van der Waals surface area contributed by atoms with Crippen molar-refractivity contribution in [2.45, 2.75) is 13.8 Å². The molecule has 2 aliphatic rings. The largest absolute Gasteiger partial charge is 0.311 e. The first-order valence-corrected chi connectivity index (χ1v) is 23.7. The van der Waals surface area contributed by atoms with Gasteiger partial charge in [-0.25, -0.2) is 0 Å². The number of rotatable bonds is 6. The van der Waals surface area contributed by atoms with Gasteiger partial charge in [0.1, 0.15) is 0 Å². The van der Waals surface area contributed by atoms with Crippen molar-refractivity contribution in [2.24, 2.45) is 0 Å². The molecule has 2 aliphatic heterocycles. The summed E-state index contributed by atoms with van der Waals surface area (Å²) in [4.78, 5) is 5.23. The lowest BCUT2D eigenvalue weighted by Gasteiger charge is -2.46. The summed E-state index contributed by atoms with van der Waals surface area (Å²) >= 11 is 0. The molecule has 0 fully saturated rings. The molecule has 0 unspecified atom stereocenters. The van der Waals surface area contributed by atoms with Crippen molar-refractivity contribution in [1.82, 2.24) is 0 Å². The molecule has 4 heteroatoms. The van der Waals surface area contributed by atoms with Crippen LogP contribution in [0.1, 0.15) is 11.1 Å². The lowest BCUT2D eigenvalue weighted by atomic mass is 9.33. The van der Waals surface area contributed by atoms with Gasteiger partial charge in [-0.3, -0.25) is 0 Å². The Hall–Kier alpha value is -7.40. The van der Waals surface area contributed by atoms with Gasteiger partial charge >= 0.3 is 0 Å². The molecule has 0 aliphatic carbocycles. The van der Waals surface area contributed by atoms with Gasteiger partial charge in [-0.05, 0) is 109 Å². The van der Waals surface area contributed by atoms with Crippen molar-refractivity contribution < 1.29 is 0 Å². The Balaban J connectivity index is 1.32. The molecule has 0 aromatic heterocycles. The van der Waals surface area contributed by atoms with Crippen LogP contribution >= 0.6 is 0 Å². The van der Waals surface area contributed by atoms with Crippen molar-refractivity contribution >= 4 is 108 Å². The predicted molar refractivity (Wildman–Crippen MR) is 269 cm³/mol. The summed E-state index contributed by atoms with van der Waals surface area (Å²) in [6.07, 6.45) is 0. The summed E-state index contributed by atoms with van der Waals surface area (Å²) in [6.45, 7) is 4.41. The van der Waals surface area contributed by atoms with Crippen molar-refractivity contribution in [1.29, 1.82) is 0 Å². The summed E-state index contributed by atoms with van der Waals surface area (Å²) in [6, 6.07) is 84.9. The minimum Gasteiger partial charge on any atom is -0.311 e. The first-order valence-electron chi connectivity index (χ1n) is 21.7. The number of nitrogens with zero attached hydrogens (tertiary/aromatic N) is 2. The Morgan fingerprint density at radius 1 is 0.355 bits per heavy atom. The van der Waals surface area contributed by atoms with Crippen LogP contribution in [0.4, 0.5) is 34.1 Å². The number of benzene rings is 10. The molecule has 12 rings (SSSR count). The molecule has 0 spiro atoms. The van der Waals surface area contributed by atoms with Crippen LogP contribution in [0.5, 0.6) is 0 Å². The fourth-order valence-electron chi connectivity index (χ4n) is 10.9. The average Bonchev–Trinajstić information content (AvgIpc) is 3.32. The molecule has 0 atom stereocenters. The van der Waals surface area contributed by atoms with E-state index in [1.165, 1.54) is 104 Å². The minimum absolute atomic E-state index is 0.0170. The van der Waals surface area contributed by atoms with Gasteiger partial charge in [0, 0.05) is 44.9 Å². The maximum Gasteiger partial charge on any atom is 0.252 e. The second-order valence-electron chi connectivity index (χ2n) is 17.0. The molecule has 62 heavy (non-hydrogen) atoms. The quantitative estimate of drug-likeness (QED) is 0.122. The van der Waals surface area contributed by atoms with Crippen molar-refractivity contribution in [3.05, 3.63) is 236 Å². The van der Waals surface area contributed by atoms with Crippen LogP contribution in [0.25, 0.3) is 21.5 Å². The Morgan fingerprint density at radius 2 is 0.758 bits per heavy atom. The highest BCUT2D eigenvalue weighted by Crippen LogP contribution is 2.47. The van der Waals surface area contributed by atoms with Gasteiger partial charge < -0.3 is 9.80 Å². The molecule has 2 nitrogen and oxygen atoms in total. The van der Waals surface area contributed by atoms with Gasteiger partial charge in [-0.2, -0.15) is 0 Å². The maximum atomic E-state index is 2.62. The second-order valence-corrected chi connectivity index (χ2v) is 20.8. The third-order valence-electron chi connectivity index (χ3n) is 13.4. The van der Waals surface area contributed by atoms with E-state index in [9.17, 15) is 0 Å². The van der Waals surface area contributed by atoms with Crippen LogP contribution < -0.4 is 46.9 Å². The van der Waals surface area contributed by atoms with Gasteiger partial charge in [-0.1, -0.05) is 188 Å². The van der Waals surface area contributed by atoms with E-state index in [2.05, 4.69) is 248 Å². The molecule has 10 aromatic rings. The zero-order valence-corrected chi connectivity index (χ0v) is 35.8. The van der Waals surface area contributed by atoms with Crippen LogP contribution in [0.3, 0.4) is 0 Å². The summed E-state index contributed by atoms with van der Waals surface area (Å²) in [5.41, 5.74) is 13.7. The molecule has 2 heterocycles. The molecule has 0 amide bonds. The van der Waals surface area contributed by atoms with Gasteiger partial charge in [0.25, 0.3) is 6.71 Å². The molecular weight excluding hydrogens is 764 g/mol. The first kappa shape index (κ1) is 36.5. The summed E-state index contributed by atoms with van der Waals surface area (Å²) in [5, 5.41) is 10.4. The summed E-state index contributed by atoms with van der Waals surface area (Å²) in [5.74, 6) is 0. The lowest BCUT2D eigenvalue weighted by Crippen LogP contribution is -2.75. The van der Waals surface area contributed by atoms with Crippen molar-refractivity contribution in [3.63, 3.8) is 0 Å². The van der Waals surface area contributed by atoms with Crippen LogP contribution in [0, 0.1) is 13.8 Å². The topological polar surface area (TPSA) is 6.48 Å². The Labute approximate surface area is 365 Å². The van der Waals surface area contributed by atoms with Crippen LogP contribution in [-0.4, -0.2) is 14.8 Å². The average molecular weight is 807 g/mol. The van der Waals surface area contributed by atoms with E-state index in [1.54, 1.807) is 0 Å². The Kier molecular flexibility index (Phi) is 8.45. The molecule has 0 bridgehead atoms. The molecule has 0 saturated carbocycles. The smallest absolute Gasteiger partial charge is 0.252 e. The molecule has 292 valence electrons. The minimum atomic E-state index is -3.03.